The van der Waals surface area contributed by atoms with Crippen LogP contribution in [0.25, 0.3) is 0 Å². The third kappa shape index (κ3) is 1.93. The van der Waals surface area contributed by atoms with Crippen LogP contribution in [-0.4, -0.2) is 29.8 Å². The van der Waals surface area contributed by atoms with Gasteiger partial charge in [-0.25, -0.2) is 4.98 Å². The van der Waals surface area contributed by atoms with Gasteiger partial charge in [0.15, 0.2) is 0 Å². The predicted molar refractivity (Wildman–Crippen MR) is 47.1 cm³/mol. The van der Waals surface area contributed by atoms with E-state index in [0.717, 1.165) is 13.2 Å². The largest absolute Gasteiger partial charge is 0.380 e. The van der Waals surface area contributed by atoms with Gasteiger partial charge in [-0.15, -0.1) is 0 Å². The van der Waals surface area contributed by atoms with Crippen LogP contribution in [0.3, 0.4) is 0 Å². The Kier molecular flexibility index (Phi) is 2.52. The predicted octanol–water partition coefficient (Wildman–Crippen LogP) is 1.10. The molecular formula is C9H13FN2O2. The molecule has 1 aromatic heterocycles. The maximum absolute atomic E-state index is 12.8. The van der Waals surface area contributed by atoms with E-state index >= 15 is 0 Å². The highest BCUT2D eigenvalue weighted by atomic mass is 19.1. The number of nitrogens with zero attached hydrogens (tertiary/aromatic N) is 1. The second-order valence-electron chi connectivity index (χ2n) is 3.97. The van der Waals surface area contributed by atoms with Crippen molar-refractivity contribution in [3.8, 4) is 0 Å². The van der Waals surface area contributed by atoms with Crippen LogP contribution in [0, 0.1) is 11.4 Å². The zero-order valence-corrected chi connectivity index (χ0v) is 8.05. The summed E-state index contributed by atoms with van der Waals surface area (Å²) >= 11 is 0. The molecule has 14 heavy (non-hydrogen) atoms. The van der Waals surface area contributed by atoms with Gasteiger partial charge >= 0.3 is 0 Å². The van der Waals surface area contributed by atoms with Gasteiger partial charge in [0.25, 0.3) is 0 Å². The van der Waals surface area contributed by atoms with Crippen LogP contribution in [0.4, 0.5) is 4.39 Å². The van der Waals surface area contributed by atoms with Gasteiger partial charge < -0.3 is 14.5 Å². The summed E-state index contributed by atoms with van der Waals surface area (Å²) in [5, 5.41) is 0. The lowest BCUT2D eigenvalue weighted by Crippen LogP contribution is -2.43. The highest BCUT2D eigenvalue weighted by Gasteiger charge is 2.33. The summed E-state index contributed by atoms with van der Waals surface area (Å²) in [6, 6.07) is 0. The van der Waals surface area contributed by atoms with Crippen molar-refractivity contribution in [2.24, 2.45) is 5.41 Å². The topological polar surface area (TPSA) is 47.1 Å². The Hall–Kier alpha value is -0.940. The summed E-state index contributed by atoms with van der Waals surface area (Å²) in [5.74, 6) is -0.486. The fourth-order valence-electron chi connectivity index (χ4n) is 1.34. The minimum Gasteiger partial charge on any atom is -0.380 e. The normalized spacial score (nSPS) is 19.3. The molecule has 2 heterocycles. The third-order valence-corrected chi connectivity index (χ3v) is 2.26. The van der Waals surface area contributed by atoms with Crippen molar-refractivity contribution in [3.63, 3.8) is 0 Å². The fraction of sp³-hybridized carbons (Fsp3) is 0.667. The first-order valence-corrected chi connectivity index (χ1v) is 4.53. The number of nitrogens with one attached hydrogen (secondary N) is 1. The molecule has 1 saturated heterocycles. The average Bonchev–Trinajstić information content (AvgIpc) is 2.49. The number of hydrogen-bond acceptors (Lipinski definition) is 3. The molecule has 1 aromatic rings. The minimum atomic E-state index is -0.486. The van der Waals surface area contributed by atoms with Crippen LogP contribution in [0.1, 0.15) is 12.6 Å². The second kappa shape index (κ2) is 3.67. The summed E-state index contributed by atoms with van der Waals surface area (Å²) in [5.41, 5.74) is 0.505. The molecule has 1 aliphatic heterocycles. The molecule has 0 atom stereocenters. The molecule has 0 spiro atoms. The van der Waals surface area contributed by atoms with E-state index in [4.69, 9.17) is 9.47 Å². The summed E-state index contributed by atoms with van der Waals surface area (Å²) in [7, 11) is 0. The van der Waals surface area contributed by atoms with Gasteiger partial charge in [-0.2, -0.15) is 4.39 Å². The molecule has 0 saturated carbocycles. The first kappa shape index (κ1) is 9.61. The van der Waals surface area contributed by atoms with Crippen molar-refractivity contribution >= 4 is 0 Å². The number of hydrogen-bond donors (Lipinski definition) is 1. The van der Waals surface area contributed by atoms with Crippen LogP contribution in [0.15, 0.2) is 6.33 Å². The lowest BCUT2D eigenvalue weighted by Gasteiger charge is -2.37. The van der Waals surface area contributed by atoms with Crippen LogP contribution in [0.5, 0.6) is 0 Å². The number of imidazole rings is 1. The summed E-state index contributed by atoms with van der Waals surface area (Å²) in [4.78, 5) is 6.12. The van der Waals surface area contributed by atoms with Crippen molar-refractivity contribution in [2.75, 3.05) is 19.8 Å². The van der Waals surface area contributed by atoms with E-state index in [-0.39, 0.29) is 12.0 Å². The number of rotatable bonds is 4. The van der Waals surface area contributed by atoms with E-state index in [0.29, 0.717) is 12.3 Å². The molecule has 1 fully saturated rings. The molecule has 0 radical (unpaired) electrons. The Bertz CT molecular complexity index is 310. The Balaban J connectivity index is 1.75. The molecule has 2 rings (SSSR count). The van der Waals surface area contributed by atoms with Gasteiger partial charge in [0, 0.05) is 5.41 Å². The molecule has 1 aliphatic rings. The average molecular weight is 200 g/mol. The van der Waals surface area contributed by atoms with Crippen LogP contribution in [0.2, 0.25) is 0 Å². The van der Waals surface area contributed by atoms with Crippen molar-refractivity contribution in [1.29, 1.82) is 0 Å². The zero-order valence-electron chi connectivity index (χ0n) is 8.05. The standard InChI is InChI=1S/C9H13FN2O2/c1-9(4-14-5-9)3-13-2-7-8(10)12-6-11-7/h6H,2-5H2,1H3,(H,11,12). The van der Waals surface area contributed by atoms with Crippen LogP contribution >= 0.6 is 0 Å². The van der Waals surface area contributed by atoms with Crippen molar-refractivity contribution < 1.29 is 13.9 Å². The van der Waals surface area contributed by atoms with Crippen LogP contribution in [-0.2, 0) is 16.1 Å². The summed E-state index contributed by atoms with van der Waals surface area (Å²) in [6.07, 6.45) is 1.32. The maximum Gasteiger partial charge on any atom is 0.236 e. The van der Waals surface area contributed by atoms with E-state index < -0.39 is 5.95 Å². The zero-order chi connectivity index (χ0) is 10.0. The van der Waals surface area contributed by atoms with E-state index in [1.807, 2.05) is 0 Å². The van der Waals surface area contributed by atoms with E-state index in [1.54, 1.807) is 0 Å². The number of aromatic amines is 1. The molecule has 4 nitrogen and oxygen atoms in total. The number of H-pyrrole nitrogens is 1. The highest BCUT2D eigenvalue weighted by Crippen LogP contribution is 2.26. The quantitative estimate of drug-likeness (QED) is 0.791. The van der Waals surface area contributed by atoms with Gasteiger partial charge in [-0.3, -0.25) is 0 Å². The van der Waals surface area contributed by atoms with Gasteiger partial charge in [-0.1, -0.05) is 6.92 Å². The van der Waals surface area contributed by atoms with E-state index in [2.05, 4.69) is 16.9 Å². The molecular weight excluding hydrogens is 187 g/mol. The van der Waals surface area contributed by atoms with E-state index in [9.17, 15) is 4.39 Å². The lowest BCUT2D eigenvalue weighted by atomic mass is 9.90. The Morgan fingerprint density at radius 2 is 2.50 bits per heavy atom. The molecule has 0 aromatic carbocycles. The molecule has 0 aliphatic carbocycles. The molecule has 1 N–H and O–H groups in total. The van der Waals surface area contributed by atoms with Crippen molar-refractivity contribution in [3.05, 3.63) is 18.0 Å². The first-order chi connectivity index (χ1) is 6.70. The highest BCUT2D eigenvalue weighted by molar-refractivity contribution is 4.95. The monoisotopic (exact) mass is 200 g/mol. The van der Waals surface area contributed by atoms with Gasteiger partial charge in [0.2, 0.25) is 5.95 Å². The number of ether oxygens (including phenoxy) is 2. The van der Waals surface area contributed by atoms with Gasteiger partial charge in [0.05, 0.1) is 38.4 Å². The van der Waals surface area contributed by atoms with Gasteiger partial charge in [0.1, 0.15) is 0 Å². The van der Waals surface area contributed by atoms with E-state index in [1.165, 1.54) is 6.33 Å². The molecule has 0 unspecified atom stereocenters. The minimum absolute atomic E-state index is 0.108. The maximum atomic E-state index is 12.8. The molecule has 78 valence electrons. The number of halogens is 1. The Morgan fingerprint density at radius 3 is 3.00 bits per heavy atom. The molecule has 5 heteroatoms. The second-order valence-corrected chi connectivity index (χ2v) is 3.97. The molecule has 0 bridgehead atoms. The fourth-order valence-corrected chi connectivity index (χ4v) is 1.34. The lowest BCUT2D eigenvalue weighted by molar-refractivity contribution is -0.140. The Morgan fingerprint density at radius 1 is 1.71 bits per heavy atom. The van der Waals surface area contributed by atoms with Crippen molar-refractivity contribution in [1.82, 2.24) is 9.97 Å². The van der Waals surface area contributed by atoms with Gasteiger partial charge in [-0.05, 0) is 0 Å². The number of aromatic nitrogens is 2. The van der Waals surface area contributed by atoms with Crippen LogP contribution < -0.4 is 0 Å². The molecule has 0 amide bonds. The third-order valence-electron chi connectivity index (χ3n) is 2.26. The Labute approximate surface area is 81.4 Å². The SMILES string of the molecule is CC1(COCc2[nH]cnc2F)COC1. The summed E-state index contributed by atoms with van der Waals surface area (Å²) < 4.78 is 23.3. The first-order valence-electron chi connectivity index (χ1n) is 4.53. The van der Waals surface area contributed by atoms with Crippen molar-refractivity contribution in [2.45, 2.75) is 13.5 Å². The summed E-state index contributed by atoms with van der Waals surface area (Å²) in [6.45, 7) is 4.35. The smallest absolute Gasteiger partial charge is 0.236 e.